The van der Waals surface area contributed by atoms with E-state index in [0.717, 1.165) is 4.90 Å². The van der Waals surface area contributed by atoms with Crippen molar-refractivity contribution < 1.29 is 39.0 Å². The number of Topliss-reactive ketones (excluding diaryl/α,β-unsaturated/α-hetero) is 1. The number of ketones is 1. The minimum absolute atomic E-state index is 0.0729. The van der Waals surface area contributed by atoms with Crippen LogP contribution in [0.2, 0.25) is 0 Å². The van der Waals surface area contributed by atoms with Gasteiger partial charge in [-0.2, -0.15) is 0 Å². The van der Waals surface area contributed by atoms with E-state index in [1.54, 1.807) is 25.1 Å². The number of aliphatic carboxylic acids is 2. The van der Waals surface area contributed by atoms with E-state index in [-0.39, 0.29) is 24.9 Å². The SMILES string of the molecule is CCC(N)C(=O)C(CC[C@@H](C(=O)NCC(=O)N[C@@H](CC(=O)O)C(=O)O)N(C)C(=O)c1cccc(CN)c1)NC(=N)N. The summed E-state index contributed by atoms with van der Waals surface area (Å²) in [5.41, 5.74) is 17.8. The van der Waals surface area contributed by atoms with Gasteiger partial charge in [-0.15, -0.1) is 0 Å². The molecular weight excluding hydrogens is 540 g/mol. The molecular formula is C25H38N8O8. The predicted molar refractivity (Wildman–Crippen MR) is 146 cm³/mol. The van der Waals surface area contributed by atoms with Gasteiger partial charge in [-0.25, -0.2) is 4.79 Å². The lowest BCUT2D eigenvalue weighted by atomic mass is 9.96. The fraction of sp³-hybridized carbons (Fsp3) is 0.480. The first-order valence-corrected chi connectivity index (χ1v) is 12.7. The Kier molecular flexibility index (Phi) is 13.9. The van der Waals surface area contributed by atoms with Crippen LogP contribution in [0.15, 0.2) is 24.3 Å². The van der Waals surface area contributed by atoms with Gasteiger partial charge in [0.25, 0.3) is 5.91 Å². The smallest absolute Gasteiger partial charge is 0.326 e. The number of guanidine groups is 1. The molecule has 0 aliphatic heterocycles. The molecule has 12 N–H and O–H groups in total. The average molecular weight is 579 g/mol. The highest BCUT2D eigenvalue weighted by atomic mass is 16.4. The third kappa shape index (κ3) is 11.2. The first kappa shape index (κ1) is 34.5. The molecule has 0 saturated heterocycles. The van der Waals surface area contributed by atoms with Crippen molar-refractivity contribution in [1.29, 1.82) is 5.41 Å². The Bertz CT molecular complexity index is 1140. The summed E-state index contributed by atoms with van der Waals surface area (Å²) in [6.07, 6.45) is -0.773. The Labute approximate surface area is 236 Å². The molecule has 0 bridgehead atoms. The maximum Gasteiger partial charge on any atom is 0.326 e. The Morgan fingerprint density at radius 3 is 2.24 bits per heavy atom. The molecule has 16 nitrogen and oxygen atoms in total. The van der Waals surface area contributed by atoms with Gasteiger partial charge in [0.05, 0.1) is 25.0 Å². The molecule has 0 radical (unpaired) electrons. The normalized spacial score (nSPS) is 13.6. The van der Waals surface area contributed by atoms with E-state index < -0.39 is 78.5 Å². The van der Waals surface area contributed by atoms with E-state index in [9.17, 15) is 28.8 Å². The van der Waals surface area contributed by atoms with Crippen LogP contribution in [0.5, 0.6) is 0 Å². The number of rotatable bonds is 17. The first-order chi connectivity index (χ1) is 19.2. The topological polar surface area (TPSA) is 284 Å². The largest absolute Gasteiger partial charge is 0.481 e. The average Bonchev–Trinajstić information content (AvgIpc) is 2.93. The number of carbonyl (C=O) groups excluding carboxylic acids is 4. The Hall–Kier alpha value is -4.57. The van der Waals surface area contributed by atoms with Gasteiger partial charge in [0.15, 0.2) is 11.7 Å². The monoisotopic (exact) mass is 578 g/mol. The van der Waals surface area contributed by atoms with Crippen LogP contribution >= 0.6 is 0 Å². The molecule has 0 heterocycles. The van der Waals surface area contributed by atoms with Crippen molar-refractivity contribution >= 4 is 41.4 Å². The number of nitrogens with one attached hydrogen (secondary N) is 4. The van der Waals surface area contributed by atoms with Gasteiger partial charge in [0.2, 0.25) is 11.8 Å². The quantitative estimate of drug-likeness (QED) is 0.0696. The van der Waals surface area contributed by atoms with Gasteiger partial charge in [-0.05, 0) is 37.0 Å². The van der Waals surface area contributed by atoms with Crippen molar-refractivity contribution in [3.8, 4) is 0 Å². The summed E-state index contributed by atoms with van der Waals surface area (Å²) in [4.78, 5) is 74.7. The maximum absolute atomic E-state index is 13.3. The molecule has 1 aromatic rings. The lowest BCUT2D eigenvalue weighted by Gasteiger charge is -2.29. The summed E-state index contributed by atoms with van der Waals surface area (Å²) in [5.74, 6) is -6.34. The van der Waals surface area contributed by atoms with Gasteiger partial charge in [0.1, 0.15) is 12.1 Å². The number of carboxylic acids is 2. The molecule has 0 aliphatic carbocycles. The molecule has 0 saturated carbocycles. The number of benzene rings is 1. The summed E-state index contributed by atoms with van der Waals surface area (Å²) in [6, 6.07) is 1.54. The number of hydrogen-bond acceptors (Lipinski definition) is 9. The first-order valence-electron chi connectivity index (χ1n) is 12.7. The van der Waals surface area contributed by atoms with Gasteiger partial charge in [-0.3, -0.25) is 29.4 Å². The van der Waals surface area contributed by atoms with Gasteiger partial charge >= 0.3 is 11.9 Å². The lowest BCUT2D eigenvalue weighted by molar-refractivity contribution is -0.147. The number of hydrogen-bond donors (Lipinski definition) is 9. The summed E-state index contributed by atoms with van der Waals surface area (Å²) in [6.45, 7) is 1.14. The van der Waals surface area contributed by atoms with Crippen molar-refractivity contribution in [2.24, 2.45) is 17.2 Å². The third-order valence-corrected chi connectivity index (χ3v) is 6.14. The van der Waals surface area contributed by atoms with Crippen LogP contribution in [0.4, 0.5) is 0 Å². The van der Waals surface area contributed by atoms with E-state index >= 15 is 0 Å². The molecule has 0 aromatic heterocycles. The molecule has 1 aromatic carbocycles. The number of carbonyl (C=O) groups is 6. The fourth-order valence-electron chi connectivity index (χ4n) is 3.84. The molecule has 0 aliphatic rings. The standard InChI is InChI=1S/C25H38N8O8/c1-3-15(27)21(37)16(32-25(28)29)7-8-18(33(2)23(39)14-6-4-5-13(9-14)11-26)22(38)30-12-19(34)31-17(24(40)41)10-20(35)36/h4-6,9,15-18H,3,7-8,10-12,26-27H2,1-2H3,(H,30,38)(H,31,34)(H,35,36)(H,40,41)(H4,28,29,32)/t15?,16?,17-,18-/m0/s1. The molecule has 1 rings (SSSR count). The third-order valence-electron chi connectivity index (χ3n) is 6.14. The van der Waals surface area contributed by atoms with Crippen molar-refractivity contribution in [1.82, 2.24) is 20.9 Å². The van der Waals surface area contributed by atoms with Crippen LogP contribution in [0, 0.1) is 5.41 Å². The minimum Gasteiger partial charge on any atom is -0.481 e. The highest BCUT2D eigenvalue weighted by Crippen LogP contribution is 2.15. The van der Waals surface area contributed by atoms with Crippen LogP contribution in [0.25, 0.3) is 0 Å². The van der Waals surface area contributed by atoms with E-state index in [1.807, 2.05) is 5.32 Å². The van der Waals surface area contributed by atoms with E-state index in [2.05, 4.69) is 10.6 Å². The fourth-order valence-corrected chi connectivity index (χ4v) is 3.84. The minimum atomic E-state index is -1.72. The molecule has 0 fully saturated rings. The molecule has 0 spiro atoms. The Morgan fingerprint density at radius 1 is 1.05 bits per heavy atom. The molecule has 41 heavy (non-hydrogen) atoms. The molecule has 4 atom stereocenters. The highest BCUT2D eigenvalue weighted by Gasteiger charge is 2.32. The van der Waals surface area contributed by atoms with Crippen molar-refractivity contribution in [2.75, 3.05) is 13.6 Å². The summed E-state index contributed by atoms with van der Waals surface area (Å²) in [7, 11) is 1.35. The summed E-state index contributed by atoms with van der Waals surface area (Å²) < 4.78 is 0. The van der Waals surface area contributed by atoms with Crippen LogP contribution in [0.3, 0.4) is 0 Å². The molecule has 3 amide bonds. The number of likely N-dealkylation sites (N-methyl/N-ethyl adjacent to an activating group) is 1. The summed E-state index contributed by atoms with van der Waals surface area (Å²) >= 11 is 0. The Morgan fingerprint density at radius 2 is 1.71 bits per heavy atom. The molecule has 16 heteroatoms. The highest BCUT2D eigenvalue weighted by molar-refractivity contribution is 5.98. The van der Waals surface area contributed by atoms with Crippen molar-refractivity contribution in [3.63, 3.8) is 0 Å². The molecule has 226 valence electrons. The number of nitrogens with two attached hydrogens (primary N) is 3. The van der Waals surface area contributed by atoms with Crippen LogP contribution in [0.1, 0.15) is 48.5 Å². The zero-order valence-electron chi connectivity index (χ0n) is 22.9. The van der Waals surface area contributed by atoms with Crippen LogP contribution < -0.4 is 33.2 Å². The lowest BCUT2D eigenvalue weighted by Crippen LogP contribution is -2.53. The van der Waals surface area contributed by atoms with E-state index in [0.29, 0.717) is 12.0 Å². The Balaban J connectivity index is 3.18. The zero-order chi connectivity index (χ0) is 31.3. The van der Waals surface area contributed by atoms with Crippen molar-refractivity contribution in [3.05, 3.63) is 35.4 Å². The second kappa shape index (κ2) is 16.5. The second-order valence-corrected chi connectivity index (χ2v) is 9.22. The van der Waals surface area contributed by atoms with Gasteiger partial charge in [-0.1, -0.05) is 19.1 Å². The summed E-state index contributed by atoms with van der Waals surface area (Å²) in [5, 5.41) is 32.3. The predicted octanol–water partition coefficient (Wildman–Crippen LogP) is -2.32. The van der Waals surface area contributed by atoms with Gasteiger partial charge < -0.3 is 48.3 Å². The number of nitrogens with zero attached hydrogens (tertiary/aromatic N) is 1. The second-order valence-electron chi connectivity index (χ2n) is 9.22. The van der Waals surface area contributed by atoms with Crippen LogP contribution in [-0.2, 0) is 30.5 Å². The maximum atomic E-state index is 13.3. The zero-order valence-corrected chi connectivity index (χ0v) is 22.9. The van der Waals surface area contributed by atoms with E-state index in [4.69, 9.17) is 32.8 Å². The number of carboxylic acid groups (broad SMARTS) is 2. The van der Waals surface area contributed by atoms with E-state index in [1.165, 1.54) is 13.1 Å². The van der Waals surface area contributed by atoms with Crippen molar-refractivity contribution in [2.45, 2.75) is 63.3 Å². The molecule has 2 unspecified atom stereocenters. The van der Waals surface area contributed by atoms with Crippen LogP contribution in [-0.4, -0.2) is 94.3 Å². The van der Waals surface area contributed by atoms with Gasteiger partial charge in [0, 0.05) is 19.2 Å². The number of amides is 3.